The Morgan fingerprint density at radius 2 is 1.59 bits per heavy atom. The first kappa shape index (κ1) is 30.2. The molecule has 0 saturated carbocycles. The number of hydrogen-bond acceptors (Lipinski definition) is 4. The highest BCUT2D eigenvalue weighted by atomic mass is 35.5. The van der Waals surface area contributed by atoms with Crippen LogP contribution in [0.25, 0.3) is 0 Å². The van der Waals surface area contributed by atoms with E-state index in [1.165, 1.54) is 23.1 Å². The van der Waals surface area contributed by atoms with Crippen LogP contribution in [0.15, 0.2) is 83.8 Å². The molecule has 0 radical (unpaired) electrons. The molecule has 3 aromatic carbocycles. The zero-order chi connectivity index (χ0) is 28.6. The Balaban J connectivity index is 2.06. The summed E-state index contributed by atoms with van der Waals surface area (Å²) in [6, 6.07) is 21.1. The zero-order valence-electron chi connectivity index (χ0n) is 22.8. The van der Waals surface area contributed by atoms with E-state index < -0.39 is 28.5 Å². The summed E-state index contributed by atoms with van der Waals surface area (Å²) in [4.78, 5) is 28.9. The lowest BCUT2D eigenvalue weighted by Crippen LogP contribution is -2.53. The van der Waals surface area contributed by atoms with E-state index in [9.17, 15) is 18.0 Å². The summed E-state index contributed by atoms with van der Waals surface area (Å²) in [5.41, 5.74) is 2.10. The van der Waals surface area contributed by atoms with Gasteiger partial charge in [-0.3, -0.25) is 13.9 Å². The fourth-order valence-corrected chi connectivity index (χ4v) is 5.82. The Morgan fingerprint density at radius 1 is 0.923 bits per heavy atom. The van der Waals surface area contributed by atoms with E-state index in [-0.39, 0.29) is 29.1 Å². The molecule has 3 aromatic rings. The maximum Gasteiger partial charge on any atom is 0.264 e. The fourth-order valence-electron chi connectivity index (χ4n) is 4.21. The van der Waals surface area contributed by atoms with Gasteiger partial charge in [-0.25, -0.2) is 8.42 Å². The normalized spacial score (nSPS) is 12.8. The van der Waals surface area contributed by atoms with Gasteiger partial charge < -0.3 is 10.2 Å². The minimum absolute atomic E-state index is 0.0461. The summed E-state index contributed by atoms with van der Waals surface area (Å²) >= 11 is 6.22. The van der Waals surface area contributed by atoms with E-state index in [0.29, 0.717) is 11.4 Å². The number of carbonyl (C=O) groups is 2. The quantitative estimate of drug-likeness (QED) is 0.309. The van der Waals surface area contributed by atoms with Gasteiger partial charge in [-0.05, 0) is 68.1 Å². The third-order valence-corrected chi connectivity index (χ3v) is 8.72. The van der Waals surface area contributed by atoms with E-state index >= 15 is 0 Å². The maximum atomic E-state index is 14.1. The fraction of sp³-hybridized carbons (Fsp3) is 0.333. The molecule has 2 amide bonds. The Morgan fingerprint density at radius 3 is 2.21 bits per heavy atom. The lowest BCUT2D eigenvalue weighted by molar-refractivity contribution is -0.140. The Labute approximate surface area is 236 Å². The lowest BCUT2D eigenvalue weighted by Gasteiger charge is -2.34. The summed E-state index contributed by atoms with van der Waals surface area (Å²) < 4.78 is 28.7. The third kappa shape index (κ3) is 7.61. The molecule has 0 aliphatic heterocycles. The molecule has 0 fully saturated rings. The number of nitrogens with one attached hydrogen (secondary N) is 1. The minimum atomic E-state index is -4.13. The Bertz CT molecular complexity index is 1380. The molecule has 1 N–H and O–H groups in total. The molecule has 0 aliphatic carbocycles. The van der Waals surface area contributed by atoms with Crippen molar-refractivity contribution in [1.29, 1.82) is 0 Å². The highest BCUT2D eigenvalue weighted by Gasteiger charge is 2.34. The van der Waals surface area contributed by atoms with Gasteiger partial charge in [0.1, 0.15) is 12.6 Å². The number of sulfonamides is 1. The molecule has 2 atom stereocenters. The number of nitrogens with zero attached hydrogens (tertiary/aromatic N) is 2. The molecule has 0 aromatic heterocycles. The molecule has 0 aliphatic rings. The lowest BCUT2D eigenvalue weighted by atomic mass is 10.1. The van der Waals surface area contributed by atoms with Crippen molar-refractivity contribution in [2.24, 2.45) is 0 Å². The van der Waals surface area contributed by atoms with Gasteiger partial charge >= 0.3 is 0 Å². The molecule has 0 spiro atoms. The van der Waals surface area contributed by atoms with Crippen molar-refractivity contribution in [2.45, 2.75) is 64.1 Å². The van der Waals surface area contributed by atoms with Crippen LogP contribution in [0.5, 0.6) is 0 Å². The smallest absolute Gasteiger partial charge is 0.264 e. The van der Waals surface area contributed by atoms with Gasteiger partial charge in [0.15, 0.2) is 0 Å². The molecular formula is C30H36ClN3O4S. The number of halogens is 1. The summed E-state index contributed by atoms with van der Waals surface area (Å²) in [5.74, 6) is -0.766. The second-order valence-corrected chi connectivity index (χ2v) is 11.8. The van der Waals surface area contributed by atoms with Crippen LogP contribution >= 0.6 is 11.6 Å². The Hall–Kier alpha value is -3.36. The zero-order valence-corrected chi connectivity index (χ0v) is 24.4. The van der Waals surface area contributed by atoms with Gasteiger partial charge in [-0.15, -0.1) is 0 Å². The van der Waals surface area contributed by atoms with Crippen LogP contribution in [0.1, 0.15) is 44.7 Å². The third-order valence-electron chi connectivity index (χ3n) is 6.70. The average Bonchev–Trinajstić information content (AvgIpc) is 2.92. The topological polar surface area (TPSA) is 86.8 Å². The van der Waals surface area contributed by atoms with Crippen LogP contribution in [-0.4, -0.2) is 43.8 Å². The van der Waals surface area contributed by atoms with Crippen molar-refractivity contribution >= 4 is 39.1 Å². The van der Waals surface area contributed by atoms with Crippen LogP contribution < -0.4 is 9.62 Å². The first-order chi connectivity index (χ1) is 18.6. The van der Waals surface area contributed by atoms with Gasteiger partial charge in [0, 0.05) is 17.6 Å². The van der Waals surface area contributed by atoms with Crippen LogP contribution in [0.2, 0.25) is 5.02 Å². The van der Waals surface area contributed by atoms with Crippen LogP contribution in [0.4, 0.5) is 5.69 Å². The predicted octanol–water partition coefficient (Wildman–Crippen LogP) is 5.57. The molecule has 0 bridgehead atoms. The molecule has 0 saturated heterocycles. The number of hydrogen-bond donors (Lipinski definition) is 1. The first-order valence-corrected chi connectivity index (χ1v) is 14.9. The molecule has 0 heterocycles. The summed E-state index contributed by atoms with van der Waals surface area (Å²) in [6.07, 6.45) is 1.11. The monoisotopic (exact) mass is 569 g/mol. The standard InChI is InChI=1S/C30H36ClN3O4S/c1-5-23(4)32-30(36)28(6-2)33(20-24-14-11-10-13-22(24)3)29(35)21-34(26-16-12-15-25(31)19-26)39(37,38)27-17-8-7-9-18-27/h7-19,23,28H,5-6,20-21H2,1-4H3,(H,32,36)/t23-,28-/m1/s1. The van der Waals surface area contributed by atoms with E-state index in [1.807, 2.05) is 52.0 Å². The van der Waals surface area contributed by atoms with Gasteiger partial charge in [-0.1, -0.05) is 74.0 Å². The molecule has 39 heavy (non-hydrogen) atoms. The van der Waals surface area contributed by atoms with Gasteiger partial charge in [-0.2, -0.15) is 0 Å². The second-order valence-electron chi connectivity index (χ2n) is 9.49. The van der Waals surface area contributed by atoms with E-state index in [4.69, 9.17) is 11.6 Å². The molecular weight excluding hydrogens is 534 g/mol. The first-order valence-electron chi connectivity index (χ1n) is 13.1. The van der Waals surface area contributed by atoms with Crippen LogP contribution in [-0.2, 0) is 26.2 Å². The van der Waals surface area contributed by atoms with Gasteiger partial charge in [0.2, 0.25) is 11.8 Å². The highest BCUT2D eigenvalue weighted by molar-refractivity contribution is 7.92. The molecule has 7 nitrogen and oxygen atoms in total. The molecule has 3 rings (SSSR count). The maximum absolute atomic E-state index is 14.1. The largest absolute Gasteiger partial charge is 0.352 e. The number of carbonyl (C=O) groups excluding carboxylic acids is 2. The SMILES string of the molecule is CC[C@@H](C)NC(=O)[C@@H](CC)N(Cc1ccccc1C)C(=O)CN(c1cccc(Cl)c1)S(=O)(=O)c1ccccc1. The van der Waals surface area contributed by atoms with Crippen molar-refractivity contribution in [3.05, 3.63) is 95.0 Å². The van der Waals surface area contributed by atoms with E-state index in [1.54, 1.807) is 36.4 Å². The van der Waals surface area contributed by atoms with Crippen LogP contribution in [0.3, 0.4) is 0 Å². The number of rotatable bonds is 12. The highest BCUT2D eigenvalue weighted by Crippen LogP contribution is 2.27. The van der Waals surface area contributed by atoms with E-state index in [2.05, 4.69) is 5.32 Å². The summed E-state index contributed by atoms with van der Waals surface area (Å²) in [6.45, 7) is 7.32. The molecule has 208 valence electrons. The van der Waals surface area contributed by atoms with Crippen molar-refractivity contribution in [1.82, 2.24) is 10.2 Å². The van der Waals surface area contributed by atoms with Gasteiger partial charge in [0.05, 0.1) is 10.6 Å². The van der Waals surface area contributed by atoms with Crippen molar-refractivity contribution < 1.29 is 18.0 Å². The number of benzene rings is 3. The number of aryl methyl sites for hydroxylation is 1. The van der Waals surface area contributed by atoms with Crippen molar-refractivity contribution in [2.75, 3.05) is 10.8 Å². The minimum Gasteiger partial charge on any atom is -0.352 e. The Kier molecular flexibility index (Phi) is 10.5. The molecule has 0 unspecified atom stereocenters. The second kappa shape index (κ2) is 13.6. The van der Waals surface area contributed by atoms with Crippen molar-refractivity contribution in [3.63, 3.8) is 0 Å². The van der Waals surface area contributed by atoms with Gasteiger partial charge in [0.25, 0.3) is 10.0 Å². The van der Waals surface area contributed by atoms with Crippen molar-refractivity contribution in [3.8, 4) is 0 Å². The summed E-state index contributed by atoms with van der Waals surface area (Å²) in [5, 5.41) is 3.32. The predicted molar refractivity (Wildman–Crippen MR) is 156 cm³/mol. The molecule has 9 heteroatoms. The average molecular weight is 570 g/mol. The summed E-state index contributed by atoms with van der Waals surface area (Å²) in [7, 11) is -4.13. The number of anilines is 1. The number of amides is 2. The van der Waals surface area contributed by atoms with E-state index in [0.717, 1.165) is 21.9 Å². The van der Waals surface area contributed by atoms with Crippen LogP contribution in [0, 0.1) is 6.92 Å².